The molecule has 0 saturated carbocycles. The molecule has 0 heterocycles. The van der Waals surface area contributed by atoms with Gasteiger partial charge >= 0.3 is 0 Å². The molecule has 0 bridgehead atoms. The van der Waals surface area contributed by atoms with E-state index in [1.54, 1.807) is 53.4 Å². The Kier molecular flexibility index (Phi) is 7.67. The molecule has 0 aromatic heterocycles. The summed E-state index contributed by atoms with van der Waals surface area (Å²) in [5.41, 5.74) is 1.22. The third-order valence-corrected chi connectivity index (χ3v) is 3.97. The average Bonchev–Trinajstić information content (AvgIpc) is 2.69. The first-order valence-electron chi connectivity index (χ1n) is 9.12. The zero-order chi connectivity index (χ0) is 19.6. The minimum atomic E-state index is -0.272. The van der Waals surface area contributed by atoms with Crippen LogP contribution < -0.4 is 14.8 Å². The van der Waals surface area contributed by atoms with E-state index in [2.05, 4.69) is 5.32 Å². The van der Waals surface area contributed by atoms with Crippen molar-refractivity contribution in [2.24, 2.45) is 0 Å². The Morgan fingerprint density at radius 2 is 1.41 bits per heavy atom. The van der Waals surface area contributed by atoms with Crippen LogP contribution in [0, 0.1) is 0 Å². The van der Waals surface area contributed by atoms with Crippen molar-refractivity contribution in [3.8, 4) is 11.5 Å². The molecule has 2 aromatic carbocycles. The van der Waals surface area contributed by atoms with Gasteiger partial charge in [-0.3, -0.25) is 9.59 Å². The quantitative estimate of drug-likeness (QED) is 0.732. The number of hydrogen-bond donors (Lipinski definition) is 1. The fraction of sp³-hybridized carbons (Fsp3) is 0.333. The Hall–Kier alpha value is -3.02. The van der Waals surface area contributed by atoms with Gasteiger partial charge in [-0.05, 0) is 69.3 Å². The van der Waals surface area contributed by atoms with E-state index < -0.39 is 0 Å². The number of rotatable bonds is 9. The summed E-state index contributed by atoms with van der Waals surface area (Å²) in [5.74, 6) is 1.06. The smallest absolute Gasteiger partial charge is 0.262 e. The van der Waals surface area contributed by atoms with Crippen LogP contribution in [0.4, 0.5) is 5.69 Å². The van der Waals surface area contributed by atoms with Crippen molar-refractivity contribution in [1.29, 1.82) is 0 Å². The second-order valence-electron chi connectivity index (χ2n) is 5.80. The van der Waals surface area contributed by atoms with Gasteiger partial charge in [0.25, 0.3) is 11.8 Å². The zero-order valence-electron chi connectivity index (χ0n) is 16.0. The maximum atomic E-state index is 12.3. The number of benzene rings is 2. The number of carbonyl (C=O) groups excluding carboxylic acids is 2. The predicted molar refractivity (Wildman–Crippen MR) is 105 cm³/mol. The second-order valence-corrected chi connectivity index (χ2v) is 5.80. The maximum absolute atomic E-state index is 12.3. The topological polar surface area (TPSA) is 67.9 Å². The first-order chi connectivity index (χ1) is 13.1. The summed E-state index contributed by atoms with van der Waals surface area (Å²) in [6.45, 7) is 7.63. The summed E-state index contributed by atoms with van der Waals surface area (Å²) in [7, 11) is 0. The van der Waals surface area contributed by atoms with E-state index >= 15 is 0 Å². The molecule has 6 nitrogen and oxygen atoms in total. The summed E-state index contributed by atoms with van der Waals surface area (Å²) in [6.07, 6.45) is 0. The summed E-state index contributed by atoms with van der Waals surface area (Å²) >= 11 is 0. The fourth-order valence-corrected chi connectivity index (χ4v) is 2.53. The summed E-state index contributed by atoms with van der Waals surface area (Å²) in [6, 6.07) is 14.0. The number of nitrogens with one attached hydrogen (secondary N) is 1. The number of nitrogens with zero attached hydrogens (tertiary/aromatic N) is 1. The summed E-state index contributed by atoms with van der Waals surface area (Å²) in [5, 5.41) is 2.75. The van der Waals surface area contributed by atoms with Crippen LogP contribution in [-0.4, -0.2) is 43.0 Å². The van der Waals surface area contributed by atoms with Crippen LogP contribution in [-0.2, 0) is 4.79 Å². The van der Waals surface area contributed by atoms with Crippen LogP contribution in [0.1, 0.15) is 31.1 Å². The van der Waals surface area contributed by atoms with Crippen LogP contribution in [0.2, 0.25) is 0 Å². The standard InChI is InChI=1S/C21H26N2O4/c1-4-23(5-2)21(25)16-7-9-17(10-8-16)22-20(24)15-27-19-13-11-18(12-14-19)26-6-3/h7-14H,4-6,15H2,1-3H3,(H,22,24). The molecule has 0 aliphatic rings. The van der Waals surface area contributed by atoms with E-state index in [0.717, 1.165) is 5.75 Å². The average molecular weight is 370 g/mol. The molecule has 2 aromatic rings. The molecule has 0 atom stereocenters. The predicted octanol–water partition coefficient (Wildman–Crippen LogP) is 3.58. The van der Waals surface area contributed by atoms with Gasteiger partial charge < -0.3 is 19.7 Å². The highest BCUT2D eigenvalue weighted by atomic mass is 16.5. The molecule has 0 spiro atoms. The van der Waals surface area contributed by atoms with Crippen molar-refractivity contribution in [2.75, 3.05) is 31.6 Å². The molecule has 0 aliphatic carbocycles. The van der Waals surface area contributed by atoms with E-state index in [0.29, 0.717) is 36.7 Å². The molecule has 27 heavy (non-hydrogen) atoms. The molecular formula is C21H26N2O4. The van der Waals surface area contributed by atoms with Crippen molar-refractivity contribution in [3.05, 3.63) is 54.1 Å². The monoisotopic (exact) mass is 370 g/mol. The summed E-state index contributed by atoms with van der Waals surface area (Å²) in [4.78, 5) is 26.1. The van der Waals surface area contributed by atoms with E-state index in [1.807, 2.05) is 20.8 Å². The van der Waals surface area contributed by atoms with Crippen LogP contribution in [0.3, 0.4) is 0 Å². The van der Waals surface area contributed by atoms with Crippen LogP contribution in [0.25, 0.3) is 0 Å². The number of carbonyl (C=O) groups is 2. The Labute approximate surface area is 160 Å². The molecule has 0 saturated heterocycles. The normalized spacial score (nSPS) is 10.2. The van der Waals surface area contributed by atoms with Crippen molar-refractivity contribution in [1.82, 2.24) is 4.90 Å². The van der Waals surface area contributed by atoms with Crippen LogP contribution in [0.15, 0.2) is 48.5 Å². The first-order valence-corrected chi connectivity index (χ1v) is 9.12. The molecule has 2 amide bonds. The van der Waals surface area contributed by atoms with Gasteiger partial charge in [-0.15, -0.1) is 0 Å². The highest BCUT2D eigenvalue weighted by molar-refractivity contribution is 5.96. The minimum absolute atomic E-state index is 0.0169. The highest BCUT2D eigenvalue weighted by Crippen LogP contribution is 2.17. The van der Waals surface area contributed by atoms with Gasteiger partial charge in [0, 0.05) is 24.3 Å². The third-order valence-electron chi connectivity index (χ3n) is 3.97. The van der Waals surface area contributed by atoms with E-state index in [-0.39, 0.29) is 18.4 Å². The molecule has 0 aliphatic heterocycles. The Morgan fingerprint density at radius 1 is 0.852 bits per heavy atom. The number of amides is 2. The number of anilines is 1. The SMILES string of the molecule is CCOc1ccc(OCC(=O)Nc2ccc(C(=O)N(CC)CC)cc2)cc1. The Balaban J connectivity index is 1.85. The maximum Gasteiger partial charge on any atom is 0.262 e. The van der Waals surface area contributed by atoms with Crippen molar-refractivity contribution in [2.45, 2.75) is 20.8 Å². The zero-order valence-corrected chi connectivity index (χ0v) is 16.0. The molecule has 1 N–H and O–H groups in total. The molecule has 144 valence electrons. The van der Waals surface area contributed by atoms with Gasteiger partial charge in [0.2, 0.25) is 0 Å². The molecule has 2 rings (SSSR count). The van der Waals surface area contributed by atoms with Crippen molar-refractivity contribution in [3.63, 3.8) is 0 Å². The summed E-state index contributed by atoms with van der Waals surface area (Å²) < 4.78 is 10.8. The Bertz CT molecular complexity index is 738. The van der Waals surface area contributed by atoms with Gasteiger partial charge in [0.15, 0.2) is 6.61 Å². The first kappa shape index (κ1) is 20.3. The highest BCUT2D eigenvalue weighted by Gasteiger charge is 2.12. The number of ether oxygens (including phenoxy) is 2. The van der Waals surface area contributed by atoms with Gasteiger partial charge in [-0.25, -0.2) is 0 Å². The third kappa shape index (κ3) is 6.02. The van der Waals surface area contributed by atoms with Crippen LogP contribution >= 0.6 is 0 Å². The lowest BCUT2D eigenvalue weighted by Crippen LogP contribution is -2.30. The van der Waals surface area contributed by atoms with E-state index in [4.69, 9.17) is 9.47 Å². The van der Waals surface area contributed by atoms with Crippen molar-refractivity contribution < 1.29 is 19.1 Å². The Morgan fingerprint density at radius 3 is 1.93 bits per heavy atom. The van der Waals surface area contributed by atoms with Gasteiger partial charge in [0.1, 0.15) is 11.5 Å². The van der Waals surface area contributed by atoms with E-state index in [1.165, 1.54) is 0 Å². The van der Waals surface area contributed by atoms with E-state index in [9.17, 15) is 9.59 Å². The van der Waals surface area contributed by atoms with Crippen molar-refractivity contribution >= 4 is 17.5 Å². The van der Waals surface area contributed by atoms with Crippen LogP contribution in [0.5, 0.6) is 11.5 Å². The lowest BCUT2D eigenvalue weighted by Gasteiger charge is -2.18. The van der Waals surface area contributed by atoms with Gasteiger partial charge in [-0.1, -0.05) is 0 Å². The molecular weight excluding hydrogens is 344 g/mol. The van der Waals surface area contributed by atoms with Gasteiger partial charge in [0.05, 0.1) is 6.61 Å². The second kappa shape index (κ2) is 10.2. The largest absolute Gasteiger partial charge is 0.494 e. The lowest BCUT2D eigenvalue weighted by molar-refractivity contribution is -0.118. The number of hydrogen-bond acceptors (Lipinski definition) is 4. The fourth-order valence-electron chi connectivity index (χ4n) is 2.53. The van der Waals surface area contributed by atoms with Gasteiger partial charge in [-0.2, -0.15) is 0 Å². The molecule has 0 unspecified atom stereocenters. The molecule has 0 radical (unpaired) electrons. The molecule has 6 heteroatoms. The molecule has 0 fully saturated rings. The minimum Gasteiger partial charge on any atom is -0.494 e. The lowest BCUT2D eigenvalue weighted by atomic mass is 10.2.